The fraction of sp³-hybridized carbons (Fsp3) is 0.368. The van der Waals surface area contributed by atoms with Crippen LogP contribution < -0.4 is 10.1 Å². The number of nitrogens with zero attached hydrogens (tertiary/aromatic N) is 1. The van der Waals surface area contributed by atoms with Crippen LogP contribution in [-0.4, -0.2) is 43.5 Å². The Bertz CT molecular complexity index is 739. The van der Waals surface area contributed by atoms with Gasteiger partial charge in [0.15, 0.2) is 0 Å². The van der Waals surface area contributed by atoms with Crippen molar-refractivity contribution in [1.29, 1.82) is 0 Å². The molecule has 3 rings (SSSR count). The van der Waals surface area contributed by atoms with E-state index in [1.807, 2.05) is 41.3 Å². The van der Waals surface area contributed by atoms with Crippen LogP contribution in [0.2, 0.25) is 0 Å². The molecule has 1 saturated heterocycles. The van der Waals surface area contributed by atoms with Gasteiger partial charge in [0.2, 0.25) is 5.91 Å². The fourth-order valence-corrected chi connectivity index (χ4v) is 3.80. The number of rotatable bonds is 7. The Morgan fingerprint density at radius 1 is 1.24 bits per heavy atom. The predicted octanol–water partition coefficient (Wildman–Crippen LogP) is 3.17. The topological polar surface area (TPSA) is 58.6 Å². The van der Waals surface area contributed by atoms with Crippen LogP contribution >= 0.6 is 11.3 Å². The zero-order valence-corrected chi connectivity index (χ0v) is 15.1. The van der Waals surface area contributed by atoms with Gasteiger partial charge in [-0.3, -0.25) is 9.59 Å². The number of carbonyl (C=O) groups is 2. The summed E-state index contributed by atoms with van der Waals surface area (Å²) in [5.74, 6) is 0.987. The Balaban J connectivity index is 1.49. The zero-order valence-electron chi connectivity index (χ0n) is 14.3. The van der Waals surface area contributed by atoms with Gasteiger partial charge >= 0.3 is 0 Å². The van der Waals surface area contributed by atoms with E-state index in [2.05, 4.69) is 5.32 Å². The molecule has 0 aliphatic carbocycles. The summed E-state index contributed by atoms with van der Waals surface area (Å²) in [6.07, 6.45) is 2.40. The van der Waals surface area contributed by atoms with Gasteiger partial charge in [-0.05, 0) is 54.8 Å². The van der Waals surface area contributed by atoms with Crippen molar-refractivity contribution in [2.24, 2.45) is 0 Å². The van der Waals surface area contributed by atoms with Crippen LogP contribution in [0.5, 0.6) is 5.75 Å². The van der Waals surface area contributed by atoms with E-state index >= 15 is 0 Å². The minimum Gasteiger partial charge on any atom is -0.497 e. The number of thiophene rings is 1. The predicted molar refractivity (Wildman–Crippen MR) is 99.1 cm³/mol. The zero-order chi connectivity index (χ0) is 17.6. The average Bonchev–Trinajstić information content (AvgIpc) is 3.28. The van der Waals surface area contributed by atoms with Crippen molar-refractivity contribution in [2.75, 3.05) is 26.7 Å². The molecule has 1 N–H and O–H groups in total. The monoisotopic (exact) mass is 358 g/mol. The minimum atomic E-state index is -0.0579. The lowest BCUT2D eigenvalue weighted by molar-refractivity contribution is -0.127. The summed E-state index contributed by atoms with van der Waals surface area (Å²) >= 11 is 1.47. The first kappa shape index (κ1) is 17.5. The minimum absolute atomic E-state index is 0.0579. The Morgan fingerprint density at radius 2 is 2.04 bits per heavy atom. The van der Waals surface area contributed by atoms with Crippen LogP contribution in [-0.2, 0) is 4.79 Å². The largest absolute Gasteiger partial charge is 0.497 e. The summed E-state index contributed by atoms with van der Waals surface area (Å²) in [5.41, 5.74) is 1.07. The molecule has 0 saturated carbocycles. The Kier molecular flexibility index (Phi) is 5.71. The molecule has 2 amide bonds. The number of carbonyl (C=O) groups excluding carboxylic acids is 2. The lowest BCUT2D eigenvalue weighted by atomic mass is 10.2. The third-order valence-electron chi connectivity index (χ3n) is 4.27. The van der Waals surface area contributed by atoms with Crippen molar-refractivity contribution >= 4 is 23.2 Å². The molecule has 0 spiro atoms. The number of methoxy groups -OCH3 is 1. The van der Waals surface area contributed by atoms with Gasteiger partial charge < -0.3 is 15.0 Å². The number of nitrogens with one attached hydrogen (secondary N) is 1. The molecule has 1 aliphatic rings. The van der Waals surface area contributed by atoms with Crippen molar-refractivity contribution < 1.29 is 14.3 Å². The van der Waals surface area contributed by atoms with E-state index in [0.29, 0.717) is 17.8 Å². The smallest absolute Gasteiger partial charge is 0.261 e. The molecule has 1 fully saturated rings. The van der Waals surface area contributed by atoms with Crippen molar-refractivity contribution in [3.8, 4) is 16.2 Å². The maximum atomic E-state index is 12.2. The first-order valence-corrected chi connectivity index (χ1v) is 9.29. The lowest BCUT2D eigenvalue weighted by Crippen LogP contribution is -2.30. The maximum Gasteiger partial charge on any atom is 0.261 e. The molecule has 1 aromatic heterocycles. The van der Waals surface area contributed by atoms with Crippen LogP contribution in [0, 0.1) is 0 Å². The van der Waals surface area contributed by atoms with E-state index in [4.69, 9.17) is 4.74 Å². The standard InChI is InChI=1S/C19H22N2O3S/c1-24-15-7-5-14(6-8-15)16-9-10-17(25-16)19(23)20-11-3-13-21-12-2-4-18(21)22/h5-10H,2-4,11-13H2,1H3,(H,20,23). The van der Waals surface area contributed by atoms with Gasteiger partial charge in [0.25, 0.3) is 5.91 Å². The first-order valence-electron chi connectivity index (χ1n) is 8.47. The molecule has 6 heteroatoms. The highest BCUT2D eigenvalue weighted by molar-refractivity contribution is 7.17. The van der Waals surface area contributed by atoms with Gasteiger partial charge in [-0.25, -0.2) is 0 Å². The van der Waals surface area contributed by atoms with Crippen molar-refractivity contribution in [3.63, 3.8) is 0 Å². The summed E-state index contributed by atoms with van der Waals surface area (Å²) in [6, 6.07) is 11.6. The van der Waals surface area contributed by atoms with Crippen molar-refractivity contribution in [3.05, 3.63) is 41.3 Å². The number of ether oxygens (including phenoxy) is 1. The van der Waals surface area contributed by atoms with Gasteiger partial charge in [0, 0.05) is 30.9 Å². The normalized spacial score (nSPS) is 14.0. The van der Waals surface area contributed by atoms with Gasteiger partial charge in [-0.1, -0.05) is 0 Å². The van der Waals surface area contributed by atoms with Crippen LogP contribution in [0.25, 0.3) is 10.4 Å². The van der Waals surface area contributed by atoms with Gasteiger partial charge in [-0.2, -0.15) is 0 Å². The van der Waals surface area contributed by atoms with E-state index in [0.717, 1.165) is 42.1 Å². The molecule has 2 heterocycles. The molecule has 5 nitrogen and oxygen atoms in total. The van der Waals surface area contributed by atoms with Crippen LogP contribution in [0.4, 0.5) is 0 Å². The molecule has 0 radical (unpaired) electrons. The molecular formula is C19H22N2O3S. The number of benzene rings is 1. The van der Waals surface area contributed by atoms with E-state index in [1.54, 1.807) is 7.11 Å². The second kappa shape index (κ2) is 8.16. The molecule has 132 valence electrons. The summed E-state index contributed by atoms with van der Waals surface area (Å²) in [6.45, 7) is 2.15. The Labute approximate surface area is 151 Å². The molecule has 2 aromatic rings. The molecule has 0 atom stereocenters. The second-order valence-corrected chi connectivity index (χ2v) is 7.07. The molecule has 1 aliphatic heterocycles. The van der Waals surface area contributed by atoms with E-state index in [-0.39, 0.29) is 11.8 Å². The van der Waals surface area contributed by atoms with Gasteiger partial charge in [0.05, 0.1) is 12.0 Å². The third-order valence-corrected chi connectivity index (χ3v) is 5.40. The fourth-order valence-electron chi connectivity index (χ4n) is 2.87. The van der Waals surface area contributed by atoms with Crippen LogP contribution in [0.1, 0.15) is 28.9 Å². The average molecular weight is 358 g/mol. The van der Waals surface area contributed by atoms with Crippen LogP contribution in [0.3, 0.4) is 0 Å². The molecule has 25 heavy (non-hydrogen) atoms. The Morgan fingerprint density at radius 3 is 2.72 bits per heavy atom. The third kappa shape index (κ3) is 4.39. The summed E-state index contributed by atoms with van der Waals surface area (Å²) in [4.78, 5) is 27.4. The quantitative estimate of drug-likeness (QED) is 0.774. The van der Waals surface area contributed by atoms with Gasteiger partial charge in [0.1, 0.15) is 5.75 Å². The molecule has 1 aromatic carbocycles. The molecule has 0 unspecified atom stereocenters. The number of hydrogen-bond acceptors (Lipinski definition) is 4. The van der Waals surface area contributed by atoms with Crippen molar-refractivity contribution in [2.45, 2.75) is 19.3 Å². The molecular weight excluding hydrogens is 336 g/mol. The number of amides is 2. The van der Waals surface area contributed by atoms with E-state index in [1.165, 1.54) is 11.3 Å². The second-order valence-electron chi connectivity index (χ2n) is 5.99. The molecule has 0 bridgehead atoms. The summed E-state index contributed by atoms with van der Waals surface area (Å²) in [5, 5.41) is 2.93. The summed E-state index contributed by atoms with van der Waals surface area (Å²) < 4.78 is 5.16. The van der Waals surface area contributed by atoms with E-state index in [9.17, 15) is 9.59 Å². The van der Waals surface area contributed by atoms with Crippen molar-refractivity contribution in [1.82, 2.24) is 10.2 Å². The SMILES string of the molecule is COc1ccc(-c2ccc(C(=O)NCCCN3CCCC3=O)s2)cc1. The highest BCUT2D eigenvalue weighted by atomic mass is 32.1. The van der Waals surface area contributed by atoms with Crippen LogP contribution in [0.15, 0.2) is 36.4 Å². The van der Waals surface area contributed by atoms with Gasteiger partial charge in [-0.15, -0.1) is 11.3 Å². The Hall–Kier alpha value is -2.34. The highest BCUT2D eigenvalue weighted by Gasteiger charge is 2.19. The lowest BCUT2D eigenvalue weighted by Gasteiger charge is -2.15. The van der Waals surface area contributed by atoms with E-state index < -0.39 is 0 Å². The maximum absolute atomic E-state index is 12.2. The summed E-state index contributed by atoms with van der Waals surface area (Å²) in [7, 11) is 1.64. The number of hydrogen-bond donors (Lipinski definition) is 1. The highest BCUT2D eigenvalue weighted by Crippen LogP contribution is 2.29. The first-order chi connectivity index (χ1) is 12.2. The number of likely N-dealkylation sites (tertiary alicyclic amines) is 1.